The van der Waals surface area contributed by atoms with Gasteiger partial charge in [0.15, 0.2) is 0 Å². The Morgan fingerprint density at radius 3 is 2.56 bits per heavy atom. The Bertz CT molecular complexity index is 202. The minimum atomic E-state index is -0.436. The van der Waals surface area contributed by atoms with E-state index in [9.17, 15) is 5.11 Å². The molecular weight excluding hydrogens is 200 g/mol. The summed E-state index contributed by atoms with van der Waals surface area (Å²) in [5, 5.41) is 9.21. The third-order valence-electron chi connectivity index (χ3n) is 3.45. The van der Waals surface area contributed by atoms with Crippen LogP contribution in [0, 0.1) is 5.92 Å². The molecular formula is C13H28N2O. The number of aliphatic hydroxyl groups is 1. The number of rotatable bonds is 8. The normalized spacial score (nSPS) is 22.1. The molecule has 0 radical (unpaired) electrons. The molecule has 0 heterocycles. The average molecular weight is 228 g/mol. The van der Waals surface area contributed by atoms with Crippen LogP contribution in [0.25, 0.3) is 0 Å². The van der Waals surface area contributed by atoms with Gasteiger partial charge in [-0.1, -0.05) is 6.92 Å². The van der Waals surface area contributed by atoms with E-state index in [4.69, 9.17) is 5.73 Å². The van der Waals surface area contributed by atoms with Crippen LogP contribution in [-0.2, 0) is 0 Å². The third kappa shape index (κ3) is 4.81. The molecule has 96 valence electrons. The fourth-order valence-electron chi connectivity index (χ4n) is 2.28. The van der Waals surface area contributed by atoms with E-state index < -0.39 is 5.54 Å². The van der Waals surface area contributed by atoms with Gasteiger partial charge in [0, 0.05) is 18.1 Å². The van der Waals surface area contributed by atoms with Gasteiger partial charge in [0.25, 0.3) is 0 Å². The van der Waals surface area contributed by atoms with Crippen molar-refractivity contribution in [3.63, 3.8) is 0 Å². The Morgan fingerprint density at radius 2 is 2.12 bits per heavy atom. The van der Waals surface area contributed by atoms with Gasteiger partial charge >= 0.3 is 0 Å². The summed E-state index contributed by atoms with van der Waals surface area (Å²) < 4.78 is 0. The first-order valence-corrected chi connectivity index (χ1v) is 6.62. The van der Waals surface area contributed by atoms with Crippen LogP contribution in [0.4, 0.5) is 0 Å². The second-order valence-electron chi connectivity index (χ2n) is 5.80. The molecule has 1 rings (SSSR count). The van der Waals surface area contributed by atoms with Crippen molar-refractivity contribution < 1.29 is 5.11 Å². The summed E-state index contributed by atoms with van der Waals surface area (Å²) in [4.78, 5) is 2.54. The highest BCUT2D eigenvalue weighted by Gasteiger charge is 2.29. The lowest BCUT2D eigenvalue weighted by Crippen LogP contribution is -2.47. The molecule has 1 aliphatic rings. The van der Waals surface area contributed by atoms with Gasteiger partial charge in [-0.25, -0.2) is 0 Å². The van der Waals surface area contributed by atoms with Crippen LogP contribution < -0.4 is 5.73 Å². The minimum absolute atomic E-state index is 0.0702. The van der Waals surface area contributed by atoms with Crippen LogP contribution in [-0.4, -0.2) is 41.3 Å². The van der Waals surface area contributed by atoms with Crippen molar-refractivity contribution in [3.05, 3.63) is 0 Å². The van der Waals surface area contributed by atoms with Crippen molar-refractivity contribution in [2.45, 2.75) is 58.0 Å². The molecule has 0 aromatic rings. The SMILES string of the molecule is CCCN(CC1CC1)C(C)CC(C)(N)CO. The van der Waals surface area contributed by atoms with Gasteiger partial charge in [-0.2, -0.15) is 0 Å². The Morgan fingerprint density at radius 1 is 1.50 bits per heavy atom. The maximum atomic E-state index is 9.21. The summed E-state index contributed by atoms with van der Waals surface area (Å²) in [5.41, 5.74) is 5.59. The van der Waals surface area contributed by atoms with Crippen molar-refractivity contribution >= 4 is 0 Å². The lowest BCUT2D eigenvalue weighted by atomic mass is 9.95. The summed E-state index contributed by atoms with van der Waals surface area (Å²) in [6.07, 6.45) is 4.85. The maximum Gasteiger partial charge on any atom is 0.0609 e. The summed E-state index contributed by atoms with van der Waals surface area (Å²) in [5.74, 6) is 0.923. The summed E-state index contributed by atoms with van der Waals surface area (Å²) >= 11 is 0. The van der Waals surface area contributed by atoms with Crippen LogP contribution in [0.1, 0.15) is 46.5 Å². The van der Waals surface area contributed by atoms with Crippen LogP contribution in [0.2, 0.25) is 0 Å². The zero-order valence-electron chi connectivity index (χ0n) is 11.1. The molecule has 0 bridgehead atoms. The zero-order chi connectivity index (χ0) is 12.2. The predicted molar refractivity (Wildman–Crippen MR) is 68.3 cm³/mol. The summed E-state index contributed by atoms with van der Waals surface area (Å²) in [6.45, 7) is 8.83. The van der Waals surface area contributed by atoms with Crippen LogP contribution >= 0.6 is 0 Å². The Labute approximate surface area is 100 Å². The highest BCUT2D eigenvalue weighted by Crippen LogP contribution is 2.31. The number of aliphatic hydroxyl groups excluding tert-OH is 1. The molecule has 3 heteroatoms. The monoisotopic (exact) mass is 228 g/mol. The second kappa shape index (κ2) is 5.99. The van der Waals surface area contributed by atoms with E-state index in [0.29, 0.717) is 6.04 Å². The highest BCUT2D eigenvalue weighted by atomic mass is 16.3. The van der Waals surface area contributed by atoms with Crippen molar-refractivity contribution in [3.8, 4) is 0 Å². The van der Waals surface area contributed by atoms with Crippen molar-refractivity contribution in [1.82, 2.24) is 4.90 Å². The topological polar surface area (TPSA) is 49.5 Å². The smallest absolute Gasteiger partial charge is 0.0609 e. The Hall–Kier alpha value is -0.120. The van der Waals surface area contributed by atoms with Gasteiger partial charge < -0.3 is 15.7 Å². The van der Waals surface area contributed by atoms with Crippen molar-refractivity contribution in [2.24, 2.45) is 11.7 Å². The highest BCUT2D eigenvalue weighted by molar-refractivity contribution is 4.86. The Kier molecular flexibility index (Phi) is 5.22. The lowest BCUT2D eigenvalue weighted by molar-refractivity contribution is 0.133. The van der Waals surface area contributed by atoms with Gasteiger partial charge in [0.2, 0.25) is 0 Å². The molecule has 0 aromatic carbocycles. The number of hydrogen-bond donors (Lipinski definition) is 2. The third-order valence-corrected chi connectivity index (χ3v) is 3.45. The van der Waals surface area contributed by atoms with Crippen LogP contribution in [0.3, 0.4) is 0 Å². The Balaban J connectivity index is 2.41. The fourth-order valence-corrected chi connectivity index (χ4v) is 2.28. The van der Waals surface area contributed by atoms with E-state index in [1.54, 1.807) is 0 Å². The molecule has 0 spiro atoms. The second-order valence-corrected chi connectivity index (χ2v) is 5.80. The number of hydrogen-bond acceptors (Lipinski definition) is 3. The van der Waals surface area contributed by atoms with E-state index in [0.717, 1.165) is 18.9 Å². The van der Waals surface area contributed by atoms with Gasteiger partial charge in [-0.3, -0.25) is 0 Å². The molecule has 16 heavy (non-hydrogen) atoms. The van der Waals surface area contributed by atoms with Gasteiger partial charge in [0.05, 0.1) is 6.61 Å². The molecule has 3 nitrogen and oxygen atoms in total. The summed E-state index contributed by atoms with van der Waals surface area (Å²) in [6, 6.07) is 0.475. The first-order valence-electron chi connectivity index (χ1n) is 6.62. The molecule has 0 aliphatic heterocycles. The fraction of sp³-hybridized carbons (Fsp3) is 1.00. The van der Waals surface area contributed by atoms with E-state index >= 15 is 0 Å². The largest absolute Gasteiger partial charge is 0.394 e. The van der Waals surface area contributed by atoms with Crippen LogP contribution in [0.15, 0.2) is 0 Å². The molecule has 0 aromatic heterocycles. The molecule has 1 saturated carbocycles. The molecule has 3 N–H and O–H groups in total. The minimum Gasteiger partial charge on any atom is -0.394 e. The quantitative estimate of drug-likeness (QED) is 0.663. The van der Waals surface area contributed by atoms with E-state index in [2.05, 4.69) is 18.7 Å². The molecule has 1 fully saturated rings. The molecule has 2 unspecified atom stereocenters. The molecule has 0 amide bonds. The van der Waals surface area contributed by atoms with E-state index in [1.165, 1.54) is 25.8 Å². The van der Waals surface area contributed by atoms with Gasteiger partial charge in [-0.05, 0) is 52.0 Å². The van der Waals surface area contributed by atoms with Gasteiger partial charge in [0.1, 0.15) is 0 Å². The first-order chi connectivity index (χ1) is 7.48. The number of nitrogens with zero attached hydrogens (tertiary/aromatic N) is 1. The van der Waals surface area contributed by atoms with Crippen molar-refractivity contribution in [2.75, 3.05) is 19.7 Å². The lowest BCUT2D eigenvalue weighted by Gasteiger charge is -2.34. The zero-order valence-corrected chi connectivity index (χ0v) is 11.1. The molecule has 0 saturated heterocycles. The summed E-state index contributed by atoms with van der Waals surface area (Å²) in [7, 11) is 0. The average Bonchev–Trinajstić information content (AvgIpc) is 3.00. The number of nitrogens with two attached hydrogens (primary N) is 1. The molecule has 1 aliphatic carbocycles. The standard InChI is InChI=1S/C13H28N2O/c1-4-7-15(9-12-5-6-12)11(2)8-13(3,14)10-16/h11-12,16H,4-10,14H2,1-3H3. The van der Waals surface area contributed by atoms with Gasteiger partial charge in [-0.15, -0.1) is 0 Å². The van der Waals surface area contributed by atoms with Crippen molar-refractivity contribution in [1.29, 1.82) is 0 Å². The first kappa shape index (κ1) is 13.9. The van der Waals surface area contributed by atoms with E-state index in [1.807, 2.05) is 6.92 Å². The maximum absolute atomic E-state index is 9.21. The van der Waals surface area contributed by atoms with Crippen LogP contribution in [0.5, 0.6) is 0 Å². The van der Waals surface area contributed by atoms with E-state index in [-0.39, 0.29) is 6.61 Å². The molecule has 2 atom stereocenters. The predicted octanol–water partition coefficient (Wildman–Crippen LogP) is 1.60.